The molecule has 160 valence electrons. The number of nitrogens with zero attached hydrogens (tertiary/aromatic N) is 2. The maximum absolute atomic E-state index is 12.9. The Kier molecular flexibility index (Phi) is 5.60. The molecule has 0 bridgehead atoms. The van der Waals surface area contributed by atoms with E-state index in [1.165, 1.54) is 0 Å². The van der Waals surface area contributed by atoms with Gasteiger partial charge in [-0.2, -0.15) is 0 Å². The first kappa shape index (κ1) is 20.5. The summed E-state index contributed by atoms with van der Waals surface area (Å²) in [6, 6.07) is 14.5. The molecule has 4 rings (SSSR count). The fourth-order valence-corrected chi connectivity index (χ4v) is 4.97. The van der Waals surface area contributed by atoms with Gasteiger partial charge in [-0.1, -0.05) is 18.2 Å². The second kappa shape index (κ2) is 8.19. The topological polar surface area (TPSA) is 65.0 Å². The van der Waals surface area contributed by atoms with Crippen LogP contribution in [0.4, 0.5) is 10.5 Å². The van der Waals surface area contributed by atoms with Gasteiger partial charge in [-0.05, 0) is 61.2 Å². The zero-order valence-electron chi connectivity index (χ0n) is 18.1. The molecule has 2 aliphatic heterocycles. The highest BCUT2D eigenvalue weighted by atomic mass is 16.5. The van der Waals surface area contributed by atoms with Gasteiger partial charge in [-0.3, -0.25) is 0 Å². The van der Waals surface area contributed by atoms with Crippen molar-refractivity contribution in [1.29, 1.82) is 0 Å². The lowest BCUT2D eigenvalue weighted by atomic mass is 9.81. The SMILES string of the molecule is COc1ccc(-c2ccc3c(c2)[C@@H]2[C@@H](CCN2C(=O)NC(C)C)[C@H](CO)N3C)cc1. The number of methoxy groups -OCH3 is 1. The molecule has 30 heavy (non-hydrogen) atoms. The smallest absolute Gasteiger partial charge is 0.318 e. The normalized spacial score (nSPS) is 22.7. The van der Waals surface area contributed by atoms with E-state index < -0.39 is 0 Å². The molecule has 6 heteroatoms. The highest BCUT2D eigenvalue weighted by Crippen LogP contribution is 2.49. The van der Waals surface area contributed by atoms with Gasteiger partial charge in [0, 0.05) is 31.2 Å². The number of urea groups is 1. The van der Waals surface area contributed by atoms with Crippen LogP contribution in [0.25, 0.3) is 11.1 Å². The van der Waals surface area contributed by atoms with Gasteiger partial charge in [0.25, 0.3) is 0 Å². The quantitative estimate of drug-likeness (QED) is 0.809. The number of rotatable bonds is 4. The molecule has 0 aromatic heterocycles. The molecule has 1 fully saturated rings. The van der Waals surface area contributed by atoms with E-state index in [1.54, 1.807) is 7.11 Å². The molecule has 2 N–H and O–H groups in total. The van der Waals surface area contributed by atoms with Crippen LogP contribution in [0.15, 0.2) is 42.5 Å². The standard InChI is InChI=1S/C24H31N3O3/c1-15(2)25-24(29)27-12-11-19-22(14-28)26(3)21-10-7-17(13-20(21)23(19)27)16-5-8-18(30-4)9-6-16/h5-10,13,15,19,22-23,28H,11-12,14H2,1-4H3,(H,25,29)/t19-,22-,23-/m0/s1. The van der Waals surface area contributed by atoms with Crippen molar-refractivity contribution in [3.8, 4) is 16.9 Å². The van der Waals surface area contributed by atoms with Gasteiger partial charge in [0.05, 0.1) is 25.8 Å². The Hall–Kier alpha value is -2.73. The predicted octanol–water partition coefficient (Wildman–Crippen LogP) is 3.65. The lowest BCUT2D eigenvalue weighted by molar-refractivity contribution is 0.159. The minimum Gasteiger partial charge on any atom is -0.497 e. The first-order chi connectivity index (χ1) is 14.4. The summed E-state index contributed by atoms with van der Waals surface area (Å²) in [6.07, 6.45) is 0.887. The van der Waals surface area contributed by atoms with E-state index in [0.29, 0.717) is 6.54 Å². The summed E-state index contributed by atoms with van der Waals surface area (Å²) >= 11 is 0. The number of benzene rings is 2. The molecule has 1 saturated heterocycles. The van der Waals surface area contributed by atoms with Crippen molar-refractivity contribution in [3.05, 3.63) is 48.0 Å². The van der Waals surface area contributed by atoms with E-state index in [2.05, 4.69) is 40.5 Å². The van der Waals surface area contributed by atoms with Gasteiger partial charge in [-0.25, -0.2) is 4.79 Å². The van der Waals surface area contributed by atoms with E-state index in [9.17, 15) is 9.90 Å². The lowest BCUT2D eigenvalue weighted by Gasteiger charge is -2.44. The maximum atomic E-state index is 12.9. The van der Waals surface area contributed by atoms with Gasteiger partial charge in [0.2, 0.25) is 0 Å². The summed E-state index contributed by atoms with van der Waals surface area (Å²) in [5.41, 5.74) is 4.45. The number of anilines is 1. The highest BCUT2D eigenvalue weighted by molar-refractivity contribution is 5.78. The molecule has 0 spiro atoms. The number of amides is 2. The minimum atomic E-state index is -0.0368. The summed E-state index contributed by atoms with van der Waals surface area (Å²) in [4.78, 5) is 17.1. The maximum Gasteiger partial charge on any atom is 0.318 e. The summed E-state index contributed by atoms with van der Waals surface area (Å²) in [5, 5.41) is 13.2. The van der Waals surface area contributed by atoms with E-state index in [1.807, 2.05) is 37.9 Å². The van der Waals surface area contributed by atoms with Crippen molar-refractivity contribution in [2.75, 3.05) is 32.2 Å². The molecular weight excluding hydrogens is 378 g/mol. The molecule has 0 unspecified atom stereocenters. The third-order valence-corrected chi connectivity index (χ3v) is 6.45. The molecular formula is C24H31N3O3. The zero-order valence-corrected chi connectivity index (χ0v) is 18.1. The van der Waals surface area contributed by atoms with E-state index >= 15 is 0 Å². The molecule has 3 atom stereocenters. The third kappa shape index (κ3) is 3.49. The second-order valence-corrected chi connectivity index (χ2v) is 8.56. The summed E-state index contributed by atoms with van der Waals surface area (Å²) in [6.45, 7) is 4.74. The van der Waals surface area contributed by atoms with Crippen LogP contribution in [-0.4, -0.2) is 55.4 Å². The van der Waals surface area contributed by atoms with Crippen LogP contribution in [0.5, 0.6) is 5.75 Å². The number of carbonyl (C=O) groups excluding carboxylic acids is 1. The number of hydrogen-bond donors (Lipinski definition) is 2. The molecule has 2 aromatic rings. The Morgan fingerprint density at radius 2 is 1.90 bits per heavy atom. The van der Waals surface area contributed by atoms with Gasteiger partial charge in [0.1, 0.15) is 5.75 Å². The number of likely N-dealkylation sites (tertiary alicyclic amines) is 1. The number of fused-ring (bicyclic) bond motifs is 3. The molecule has 2 aliphatic rings. The van der Waals surface area contributed by atoms with Crippen LogP contribution in [0, 0.1) is 5.92 Å². The van der Waals surface area contributed by atoms with Crippen LogP contribution >= 0.6 is 0 Å². The number of nitrogens with one attached hydrogen (secondary N) is 1. The van der Waals surface area contributed by atoms with E-state index in [0.717, 1.165) is 34.5 Å². The number of aliphatic hydroxyl groups is 1. The number of hydrogen-bond acceptors (Lipinski definition) is 4. The number of ether oxygens (including phenoxy) is 1. The summed E-state index contributed by atoms with van der Waals surface area (Å²) in [7, 11) is 3.71. The van der Waals surface area contributed by atoms with Crippen LogP contribution in [-0.2, 0) is 0 Å². The average Bonchev–Trinajstić information content (AvgIpc) is 3.18. The first-order valence-electron chi connectivity index (χ1n) is 10.6. The van der Waals surface area contributed by atoms with Crippen molar-refractivity contribution in [2.24, 2.45) is 5.92 Å². The molecule has 0 aliphatic carbocycles. The zero-order chi connectivity index (χ0) is 21.4. The van der Waals surface area contributed by atoms with Gasteiger partial charge < -0.3 is 25.0 Å². The first-order valence-corrected chi connectivity index (χ1v) is 10.6. The Morgan fingerprint density at radius 3 is 2.53 bits per heavy atom. The van der Waals surface area contributed by atoms with Crippen molar-refractivity contribution in [3.63, 3.8) is 0 Å². The summed E-state index contributed by atoms with van der Waals surface area (Å²) < 4.78 is 5.28. The Balaban J connectivity index is 1.76. The molecule has 2 aromatic carbocycles. The van der Waals surface area contributed by atoms with Crippen molar-refractivity contribution >= 4 is 11.7 Å². The number of carbonyl (C=O) groups is 1. The minimum absolute atomic E-state index is 0.00573. The fraction of sp³-hybridized carbons (Fsp3) is 0.458. The van der Waals surface area contributed by atoms with Crippen LogP contribution in [0.1, 0.15) is 31.9 Å². The van der Waals surface area contributed by atoms with E-state index in [4.69, 9.17) is 4.74 Å². The lowest BCUT2D eigenvalue weighted by Crippen LogP contribution is -2.50. The molecule has 2 heterocycles. The monoisotopic (exact) mass is 409 g/mol. The van der Waals surface area contributed by atoms with Crippen molar-refractivity contribution in [1.82, 2.24) is 10.2 Å². The second-order valence-electron chi connectivity index (χ2n) is 8.56. The van der Waals surface area contributed by atoms with Gasteiger partial charge in [0.15, 0.2) is 0 Å². The van der Waals surface area contributed by atoms with Crippen LogP contribution in [0.2, 0.25) is 0 Å². The van der Waals surface area contributed by atoms with Gasteiger partial charge in [-0.15, -0.1) is 0 Å². The highest BCUT2D eigenvalue weighted by Gasteiger charge is 2.47. The largest absolute Gasteiger partial charge is 0.497 e. The van der Waals surface area contributed by atoms with Gasteiger partial charge >= 0.3 is 6.03 Å². The number of aliphatic hydroxyl groups excluding tert-OH is 1. The fourth-order valence-electron chi connectivity index (χ4n) is 4.97. The average molecular weight is 410 g/mol. The van der Waals surface area contributed by atoms with Crippen molar-refractivity contribution in [2.45, 2.75) is 38.4 Å². The molecule has 0 saturated carbocycles. The number of likely N-dealkylation sites (N-methyl/N-ethyl adjacent to an activating group) is 1. The Bertz CT molecular complexity index is 912. The molecule has 0 radical (unpaired) electrons. The molecule has 2 amide bonds. The third-order valence-electron chi connectivity index (χ3n) is 6.45. The van der Waals surface area contributed by atoms with Crippen LogP contribution in [0.3, 0.4) is 0 Å². The Morgan fingerprint density at radius 1 is 1.20 bits per heavy atom. The Labute approximate surface area is 178 Å². The summed E-state index contributed by atoms with van der Waals surface area (Å²) in [5.74, 6) is 1.03. The van der Waals surface area contributed by atoms with Crippen LogP contribution < -0.4 is 15.0 Å². The molecule has 6 nitrogen and oxygen atoms in total. The van der Waals surface area contributed by atoms with Crippen molar-refractivity contribution < 1.29 is 14.6 Å². The van der Waals surface area contributed by atoms with E-state index in [-0.39, 0.29) is 36.7 Å². The predicted molar refractivity (Wildman–Crippen MR) is 119 cm³/mol.